The molecule has 2 saturated heterocycles. The Labute approximate surface area is 452 Å². The molecule has 8 aromatic carbocycles. The van der Waals surface area contributed by atoms with Gasteiger partial charge < -0.3 is 0 Å². The minimum absolute atomic E-state index is 0. The second-order valence-electron chi connectivity index (χ2n) is 18.3. The predicted molar refractivity (Wildman–Crippen MR) is 332 cm³/mol. The van der Waals surface area contributed by atoms with Gasteiger partial charge in [-0.25, -0.2) is 0 Å². The van der Waals surface area contributed by atoms with Gasteiger partial charge in [0.1, 0.15) is 0 Å². The first-order valence-corrected chi connectivity index (χ1v) is 34.2. The molecule has 72 heavy (non-hydrogen) atoms. The maximum Gasteiger partial charge on any atom is 0.0318 e. The Bertz CT molecular complexity index is 2480. The van der Waals surface area contributed by atoms with Crippen LogP contribution in [0.2, 0.25) is 0 Å². The number of hydrogen-bond donors (Lipinski definition) is 1. The fourth-order valence-corrected chi connectivity index (χ4v) is 23.7. The molecule has 10 rings (SSSR count). The van der Waals surface area contributed by atoms with Crippen LogP contribution >= 0.6 is 51.8 Å². The molecule has 2 aliphatic heterocycles. The average molecular weight is 1140 g/mol. The minimum Gasteiger partial charge on any atom is -0.295 e. The maximum atomic E-state index is 3.94. The van der Waals surface area contributed by atoms with Crippen molar-refractivity contribution < 1.29 is 0 Å². The van der Waals surface area contributed by atoms with E-state index in [-0.39, 0.29) is 21.1 Å². The first kappa shape index (κ1) is 55.9. The van der Waals surface area contributed by atoms with Gasteiger partial charge in [0.05, 0.1) is 0 Å². The van der Waals surface area contributed by atoms with Crippen molar-refractivity contribution in [3.8, 4) is 0 Å². The molecule has 372 valence electrons. The third-order valence-electron chi connectivity index (χ3n) is 13.5. The number of unbranched alkanes of at least 4 members (excludes halogenated alkanes) is 2. The third-order valence-corrected chi connectivity index (χ3v) is 27.9. The molecule has 2 nitrogen and oxygen atoms in total. The van der Waals surface area contributed by atoms with Gasteiger partial charge >= 0.3 is 0 Å². The molecule has 8 aromatic rings. The first-order chi connectivity index (χ1) is 35.1. The lowest BCUT2D eigenvalue weighted by Gasteiger charge is -2.42. The number of halogens is 1. The third kappa shape index (κ3) is 15.4. The van der Waals surface area contributed by atoms with Gasteiger partial charge in [0, 0.05) is 42.8 Å². The summed E-state index contributed by atoms with van der Waals surface area (Å²) in [4.78, 5) is 0. The van der Waals surface area contributed by atoms with Gasteiger partial charge in [0.2, 0.25) is 0 Å². The number of nitrogens with one attached hydrogen (secondary N) is 1. The summed E-state index contributed by atoms with van der Waals surface area (Å²) in [7, 11) is -1.22. The Hall–Kier alpha value is -3.87. The van der Waals surface area contributed by atoms with Crippen LogP contribution < -0.4 is 26.3 Å². The molecule has 0 saturated carbocycles. The molecular weight excluding hydrogens is 1060 g/mol. The molecule has 0 aromatic heterocycles. The summed E-state index contributed by atoms with van der Waals surface area (Å²) >= 11 is 2.54. The van der Waals surface area contributed by atoms with Crippen molar-refractivity contribution in [2.24, 2.45) is 0 Å². The normalized spacial score (nSPS) is 17.7. The zero-order chi connectivity index (χ0) is 48.9. The molecule has 0 amide bonds. The average Bonchev–Trinajstić information content (AvgIpc) is 4.10. The molecular formula is C65H75IN2P4. The number of benzene rings is 8. The van der Waals surface area contributed by atoms with Gasteiger partial charge in [-0.15, -0.1) is 0 Å². The zero-order valence-electron chi connectivity index (χ0n) is 41.6. The summed E-state index contributed by atoms with van der Waals surface area (Å²) in [5.74, 6) is 0. The Morgan fingerprint density at radius 3 is 1.04 bits per heavy atom. The van der Waals surface area contributed by atoms with Crippen molar-refractivity contribution >= 4 is 73.0 Å². The van der Waals surface area contributed by atoms with Gasteiger partial charge in [-0.05, 0) is 127 Å². The second kappa shape index (κ2) is 30.5. The lowest BCUT2D eigenvalue weighted by atomic mass is 10.0. The molecule has 0 radical (unpaired) electrons. The van der Waals surface area contributed by atoms with Crippen LogP contribution in [0.1, 0.15) is 118 Å². The van der Waals surface area contributed by atoms with E-state index in [0.717, 1.165) is 13.1 Å². The van der Waals surface area contributed by atoms with Crippen LogP contribution in [0.5, 0.6) is 0 Å². The Balaban J connectivity index is 0.000000175. The van der Waals surface area contributed by atoms with Gasteiger partial charge in [0.25, 0.3) is 0 Å². The lowest BCUT2D eigenvalue weighted by molar-refractivity contribution is 0.632. The van der Waals surface area contributed by atoms with E-state index in [4.69, 9.17) is 0 Å². The monoisotopic (exact) mass is 1130 g/mol. The summed E-state index contributed by atoms with van der Waals surface area (Å²) in [6.45, 7) is 6.92. The lowest BCUT2D eigenvalue weighted by Crippen LogP contribution is -2.27. The molecule has 0 spiro atoms. The highest BCUT2D eigenvalue weighted by atomic mass is 127. The molecule has 0 bridgehead atoms. The van der Waals surface area contributed by atoms with Crippen molar-refractivity contribution in [1.82, 2.24) is 9.53 Å². The Morgan fingerprint density at radius 2 is 0.708 bits per heavy atom. The van der Waals surface area contributed by atoms with Crippen molar-refractivity contribution in [3.05, 3.63) is 265 Å². The van der Waals surface area contributed by atoms with Crippen LogP contribution in [-0.2, 0) is 0 Å². The zero-order valence-corrected chi connectivity index (χ0v) is 47.3. The number of nitrogens with zero attached hydrogens (tertiary/aromatic N) is 1. The van der Waals surface area contributed by atoms with E-state index < -0.39 is 16.1 Å². The second-order valence-corrected chi connectivity index (χ2v) is 30.1. The predicted octanol–water partition coefficient (Wildman–Crippen LogP) is 19.0. The maximum absolute atomic E-state index is 3.94. The molecule has 2 aliphatic rings. The molecule has 7 heteroatoms. The van der Waals surface area contributed by atoms with Crippen molar-refractivity contribution in [2.45, 2.75) is 95.3 Å². The van der Waals surface area contributed by atoms with Crippen LogP contribution in [0.3, 0.4) is 0 Å². The van der Waals surface area contributed by atoms with Crippen LogP contribution in [0.25, 0.3) is 0 Å². The fraction of sp³-hybridized carbons (Fsp3) is 0.262. The van der Waals surface area contributed by atoms with Crippen LogP contribution in [0, 0.1) is 0 Å². The molecule has 0 aliphatic carbocycles. The summed E-state index contributed by atoms with van der Waals surface area (Å²) in [6, 6.07) is 88.9. The van der Waals surface area contributed by atoms with Crippen molar-refractivity contribution in [1.29, 1.82) is 0 Å². The van der Waals surface area contributed by atoms with E-state index >= 15 is 0 Å². The minimum atomic E-state index is -0.609. The van der Waals surface area contributed by atoms with E-state index in [1.165, 1.54) is 94.8 Å². The summed E-state index contributed by atoms with van der Waals surface area (Å²) in [5.41, 5.74) is 8.51. The Kier molecular flexibility index (Phi) is 23.7. The highest BCUT2D eigenvalue weighted by Crippen LogP contribution is 2.76. The first-order valence-electron chi connectivity index (χ1n) is 25.9. The van der Waals surface area contributed by atoms with E-state index in [0.29, 0.717) is 22.6 Å². The standard InChI is InChI=1S/C32H35NP2.C20H26NP.C12H10IP.CH4/c1-2-3-26-33(34(29-20-12-6-13-21-29)30-22-14-7-15-23-30)35-31(27-16-8-4-9-17-27)24-25-32(35)28-18-10-5-11-19-28;1-2-3-16-21-22-19(17-10-6-4-7-11-17)14-15-20(22)18-12-8-5-9-13-18;13-14(11-7-3-1-4-8-11)12-9-5-2-6-10-12;/h4-23,31-32H,2-3,24-26H2,1H3;4-13,19-21H,2-3,14-16H2,1H3;1-10H;1H4/t31-,32-;19-,20-;;/m11../s1. The number of rotatable bonds is 17. The fourth-order valence-electron chi connectivity index (χ4n) is 9.97. The number of hydrogen-bond acceptors (Lipinski definition) is 2. The smallest absolute Gasteiger partial charge is 0.0318 e. The van der Waals surface area contributed by atoms with E-state index in [1.807, 2.05) is 0 Å². The van der Waals surface area contributed by atoms with Crippen molar-refractivity contribution in [2.75, 3.05) is 13.1 Å². The van der Waals surface area contributed by atoms with E-state index in [9.17, 15) is 0 Å². The Morgan fingerprint density at radius 1 is 0.417 bits per heavy atom. The van der Waals surface area contributed by atoms with Crippen LogP contribution in [0.4, 0.5) is 0 Å². The van der Waals surface area contributed by atoms with Gasteiger partial charge in [-0.1, -0.05) is 277 Å². The summed E-state index contributed by atoms with van der Waals surface area (Å²) < 4.78 is 3.00. The largest absolute Gasteiger partial charge is 0.295 e. The van der Waals surface area contributed by atoms with Crippen LogP contribution in [-0.4, -0.2) is 17.5 Å². The molecule has 2 heterocycles. The molecule has 0 unspecified atom stereocenters. The van der Waals surface area contributed by atoms with Crippen molar-refractivity contribution in [3.63, 3.8) is 0 Å². The van der Waals surface area contributed by atoms with Gasteiger partial charge in [-0.2, -0.15) is 0 Å². The highest BCUT2D eigenvalue weighted by molar-refractivity contribution is 14.2. The van der Waals surface area contributed by atoms with Gasteiger partial charge in [-0.3, -0.25) is 9.53 Å². The quantitative estimate of drug-likeness (QED) is 0.0555. The summed E-state index contributed by atoms with van der Waals surface area (Å²) in [6.07, 6.45) is 10.2. The summed E-state index contributed by atoms with van der Waals surface area (Å²) in [5, 5.41) is 9.74. The topological polar surface area (TPSA) is 15.3 Å². The van der Waals surface area contributed by atoms with E-state index in [2.05, 4.69) is 288 Å². The van der Waals surface area contributed by atoms with Crippen LogP contribution in [0.15, 0.2) is 243 Å². The highest BCUT2D eigenvalue weighted by Gasteiger charge is 2.44. The molecule has 2 fully saturated rings. The SMILES string of the molecule is C.CCCCN(P(c1ccccc1)c1ccccc1)P1[C@@H](c2ccccc2)CC[C@@H]1c1ccccc1.CCCCNP1[C@@H](c2ccccc2)CC[C@@H]1c1ccccc1.IP(c1ccccc1)c1ccccc1. The van der Waals surface area contributed by atoms with E-state index in [1.54, 1.807) is 0 Å². The molecule has 1 N–H and O–H groups in total. The van der Waals surface area contributed by atoms with Gasteiger partial charge in [0.15, 0.2) is 0 Å². The molecule has 4 atom stereocenters.